The predicted octanol–water partition coefficient (Wildman–Crippen LogP) is 3.86. The molecule has 0 aliphatic carbocycles. The smallest absolute Gasteiger partial charge is 0.137 e. The number of likely N-dealkylation sites (tertiary alicyclic amines) is 1. The van der Waals surface area contributed by atoms with Gasteiger partial charge in [-0.15, -0.1) is 0 Å². The SMILES string of the molecule is C[C@@H](c1cccc(-c2ccc3ncnc(NCCO)c3c2)c1)N1CCCC1. The molecular formula is C22H26N4O. The molecule has 3 aromatic rings. The van der Waals surface area contributed by atoms with Crippen molar-refractivity contribution < 1.29 is 5.11 Å². The normalized spacial score (nSPS) is 15.9. The monoisotopic (exact) mass is 362 g/mol. The van der Waals surface area contributed by atoms with Gasteiger partial charge < -0.3 is 10.4 Å². The molecule has 1 saturated heterocycles. The highest BCUT2D eigenvalue weighted by molar-refractivity contribution is 5.92. The first-order chi connectivity index (χ1) is 13.3. The van der Waals surface area contributed by atoms with Gasteiger partial charge in [0, 0.05) is 18.0 Å². The van der Waals surface area contributed by atoms with E-state index in [0.29, 0.717) is 12.6 Å². The van der Waals surface area contributed by atoms with E-state index in [1.807, 2.05) is 6.07 Å². The Bertz CT molecular complexity index is 921. The van der Waals surface area contributed by atoms with Crippen molar-refractivity contribution in [1.29, 1.82) is 0 Å². The van der Waals surface area contributed by atoms with Crippen LogP contribution in [0.3, 0.4) is 0 Å². The second-order valence-corrected chi connectivity index (χ2v) is 7.15. The van der Waals surface area contributed by atoms with E-state index in [0.717, 1.165) is 22.3 Å². The quantitative estimate of drug-likeness (QED) is 0.697. The Kier molecular flexibility index (Phi) is 5.32. The number of nitrogens with zero attached hydrogens (tertiary/aromatic N) is 3. The van der Waals surface area contributed by atoms with Gasteiger partial charge in [0.2, 0.25) is 0 Å². The Morgan fingerprint density at radius 3 is 2.70 bits per heavy atom. The fourth-order valence-electron chi connectivity index (χ4n) is 3.87. The van der Waals surface area contributed by atoms with Gasteiger partial charge in [0.1, 0.15) is 12.1 Å². The zero-order chi connectivity index (χ0) is 18.6. The average molecular weight is 362 g/mol. The van der Waals surface area contributed by atoms with E-state index < -0.39 is 0 Å². The minimum atomic E-state index is 0.0711. The highest BCUT2D eigenvalue weighted by Crippen LogP contribution is 2.30. The maximum absolute atomic E-state index is 9.09. The third kappa shape index (κ3) is 3.80. The minimum Gasteiger partial charge on any atom is -0.395 e. The minimum absolute atomic E-state index is 0.0711. The standard InChI is InChI=1S/C22H26N4O/c1-16(26-10-2-3-11-26)17-5-4-6-18(13-17)19-7-8-21-20(14-19)22(23-9-12-27)25-15-24-21/h4-8,13-16,27H,2-3,9-12H2,1H3,(H,23,24,25)/t16-/m0/s1. The summed E-state index contributed by atoms with van der Waals surface area (Å²) in [4.78, 5) is 11.3. The number of anilines is 1. The van der Waals surface area contributed by atoms with Crippen LogP contribution in [-0.4, -0.2) is 46.2 Å². The zero-order valence-corrected chi connectivity index (χ0v) is 15.7. The predicted molar refractivity (Wildman–Crippen MR) is 110 cm³/mol. The lowest BCUT2D eigenvalue weighted by molar-refractivity contribution is 0.263. The fraction of sp³-hybridized carbons (Fsp3) is 0.364. The number of fused-ring (bicyclic) bond motifs is 1. The molecule has 0 saturated carbocycles. The summed E-state index contributed by atoms with van der Waals surface area (Å²) < 4.78 is 0. The molecule has 0 bridgehead atoms. The van der Waals surface area contributed by atoms with Crippen molar-refractivity contribution in [2.45, 2.75) is 25.8 Å². The lowest BCUT2D eigenvalue weighted by Crippen LogP contribution is -2.23. The number of aliphatic hydroxyl groups excluding tert-OH is 1. The molecule has 0 spiro atoms. The van der Waals surface area contributed by atoms with Gasteiger partial charge in [0.25, 0.3) is 0 Å². The largest absolute Gasteiger partial charge is 0.395 e. The molecule has 1 atom stereocenters. The maximum atomic E-state index is 9.09. The molecule has 0 amide bonds. The van der Waals surface area contributed by atoms with Gasteiger partial charge in [-0.25, -0.2) is 9.97 Å². The van der Waals surface area contributed by atoms with E-state index in [9.17, 15) is 0 Å². The number of rotatable bonds is 6. The van der Waals surface area contributed by atoms with Crippen LogP contribution in [0.5, 0.6) is 0 Å². The summed E-state index contributed by atoms with van der Waals surface area (Å²) in [6.45, 7) is 5.23. The van der Waals surface area contributed by atoms with Crippen LogP contribution in [0.1, 0.15) is 31.4 Å². The van der Waals surface area contributed by atoms with Crippen molar-refractivity contribution in [3.63, 3.8) is 0 Å². The van der Waals surface area contributed by atoms with Crippen molar-refractivity contribution in [1.82, 2.24) is 14.9 Å². The Balaban J connectivity index is 1.68. The molecule has 27 heavy (non-hydrogen) atoms. The van der Waals surface area contributed by atoms with E-state index in [2.05, 4.69) is 63.5 Å². The molecule has 1 aromatic heterocycles. The average Bonchev–Trinajstić information content (AvgIpc) is 3.26. The van der Waals surface area contributed by atoms with Gasteiger partial charge in [-0.05, 0) is 67.7 Å². The Hall–Kier alpha value is -2.50. The van der Waals surface area contributed by atoms with Gasteiger partial charge in [-0.3, -0.25) is 4.90 Å². The lowest BCUT2D eigenvalue weighted by atomic mass is 9.98. The summed E-state index contributed by atoms with van der Waals surface area (Å²) >= 11 is 0. The third-order valence-electron chi connectivity index (χ3n) is 5.43. The highest BCUT2D eigenvalue weighted by atomic mass is 16.3. The summed E-state index contributed by atoms with van der Waals surface area (Å²) in [6.07, 6.45) is 4.16. The molecule has 1 aliphatic heterocycles. The van der Waals surface area contributed by atoms with Crippen LogP contribution in [0.2, 0.25) is 0 Å². The molecule has 2 heterocycles. The number of aliphatic hydroxyl groups is 1. The Morgan fingerprint density at radius 1 is 1.07 bits per heavy atom. The van der Waals surface area contributed by atoms with Crippen molar-refractivity contribution in [2.75, 3.05) is 31.6 Å². The van der Waals surface area contributed by atoms with E-state index in [1.54, 1.807) is 6.33 Å². The summed E-state index contributed by atoms with van der Waals surface area (Å²) in [5, 5.41) is 13.2. The summed E-state index contributed by atoms with van der Waals surface area (Å²) in [5.41, 5.74) is 4.62. The van der Waals surface area contributed by atoms with E-state index in [4.69, 9.17) is 5.11 Å². The Morgan fingerprint density at radius 2 is 1.89 bits per heavy atom. The van der Waals surface area contributed by atoms with Crippen LogP contribution in [0.4, 0.5) is 5.82 Å². The molecule has 2 aromatic carbocycles. The second-order valence-electron chi connectivity index (χ2n) is 7.15. The van der Waals surface area contributed by atoms with Gasteiger partial charge >= 0.3 is 0 Å². The van der Waals surface area contributed by atoms with Gasteiger partial charge in [-0.1, -0.05) is 24.3 Å². The fourth-order valence-corrected chi connectivity index (χ4v) is 3.87. The first-order valence-corrected chi connectivity index (χ1v) is 9.70. The van der Waals surface area contributed by atoms with Crippen LogP contribution in [-0.2, 0) is 0 Å². The number of hydrogen-bond acceptors (Lipinski definition) is 5. The first-order valence-electron chi connectivity index (χ1n) is 9.70. The summed E-state index contributed by atoms with van der Waals surface area (Å²) in [7, 11) is 0. The molecule has 5 heteroatoms. The Labute approximate surface area is 160 Å². The number of hydrogen-bond donors (Lipinski definition) is 2. The van der Waals surface area contributed by atoms with Gasteiger partial charge in [-0.2, -0.15) is 0 Å². The van der Waals surface area contributed by atoms with Gasteiger partial charge in [0.15, 0.2) is 0 Å². The molecule has 2 N–H and O–H groups in total. The van der Waals surface area contributed by atoms with E-state index in [1.165, 1.54) is 37.1 Å². The number of benzene rings is 2. The van der Waals surface area contributed by atoms with Crippen LogP contribution in [0.25, 0.3) is 22.0 Å². The lowest BCUT2D eigenvalue weighted by Gasteiger charge is -2.24. The maximum Gasteiger partial charge on any atom is 0.137 e. The number of aromatic nitrogens is 2. The van der Waals surface area contributed by atoms with Crippen LogP contribution < -0.4 is 5.32 Å². The summed E-state index contributed by atoms with van der Waals surface area (Å²) in [5.74, 6) is 0.762. The van der Waals surface area contributed by atoms with Crippen molar-refractivity contribution in [3.8, 4) is 11.1 Å². The molecule has 0 radical (unpaired) electrons. The van der Waals surface area contributed by atoms with Crippen LogP contribution >= 0.6 is 0 Å². The third-order valence-corrected chi connectivity index (χ3v) is 5.43. The van der Waals surface area contributed by atoms with Crippen molar-refractivity contribution in [2.24, 2.45) is 0 Å². The highest BCUT2D eigenvalue weighted by Gasteiger charge is 2.19. The molecule has 1 aliphatic rings. The molecule has 5 nitrogen and oxygen atoms in total. The first kappa shape index (κ1) is 17.9. The van der Waals surface area contributed by atoms with Crippen molar-refractivity contribution in [3.05, 3.63) is 54.4 Å². The molecular weight excluding hydrogens is 336 g/mol. The molecule has 0 unspecified atom stereocenters. The van der Waals surface area contributed by atoms with Crippen molar-refractivity contribution >= 4 is 16.7 Å². The zero-order valence-electron chi connectivity index (χ0n) is 15.7. The van der Waals surface area contributed by atoms with E-state index >= 15 is 0 Å². The summed E-state index contributed by atoms with van der Waals surface area (Å²) in [6, 6.07) is 15.6. The van der Waals surface area contributed by atoms with Gasteiger partial charge in [0.05, 0.1) is 12.1 Å². The molecule has 140 valence electrons. The van der Waals surface area contributed by atoms with E-state index in [-0.39, 0.29) is 6.61 Å². The second kappa shape index (κ2) is 8.03. The molecule has 4 rings (SSSR count). The number of nitrogens with one attached hydrogen (secondary N) is 1. The topological polar surface area (TPSA) is 61.3 Å². The molecule has 1 fully saturated rings. The van der Waals surface area contributed by atoms with Crippen LogP contribution in [0.15, 0.2) is 48.8 Å². The van der Waals surface area contributed by atoms with Crippen LogP contribution in [0, 0.1) is 0 Å².